The van der Waals surface area contributed by atoms with Gasteiger partial charge in [-0.25, -0.2) is 0 Å². The Bertz CT molecular complexity index is 225. The highest BCUT2D eigenvalue weighted by molar-refractivity contribution is 5.56. The van der Waals surface area contributed by atoms with Gasteiger partial charge in [-0.3, -0.25) is 0 Å². The van der Waals surface area contributed by atoms with E-state index in [0.29, 0.717) is 18.8 Å². The van der Waals surface area contributed by atoms with Gasteiger partial charge in [0.15, 0.2) is 0 Å². The number of carbonyl (C=O) groups excluding carboxylic acids is 2. The molecule has 0 radical (unpaired) electrons. The number of hydrogen-bond acceptors (Lipinski definition) is 4. The van der Waals surface area contributed by atoms with Crippen molar-refractivity contribution in [3.63, 3.8) is 0 Å². The summed E-state index contributed by atoms with van der Waals surface area (Å²) in [7, 11) is 2.50. The van der Waals surface area contributed by atoms with E-state index in [1.807, 2.05) is 0 Å². The molecular weight excluding hydrogens is 230 g/mol. The van der Waals surface area contributed by atoms with Gasteiger partial charge in [-0.1, -0.05) is 12.8 Å². The van der Waals surface area contributed by atoms with Gasteiger partial charge in [0.25, 0.3) is 0 Å². The monoisotopic (exact) mass is 257 g/mol. The summed E-state index contributed by atoms with van der Waals surface area (Å²) in [6, 6.07) is 0. The molecule has 3 aliphatic rings. The van der Waals surface area contributed by atoms with Crippen LogP contribution in [0.4, 0.5) is 0 Å². The number of carbonyl (C=O) groups is 2. The zero-order chi connectivity index (χ0) is 14.0. The maximum atomic E-state index is 10.7. The molecule has 3 fully saturated rings. The molecule has 0 saturated heterocycles. The third-order valence-corrected chi connectivity index (χ3v) is 4.39. The Kier molecular flexibility index (Phi) is 8.85. The van der Waals surface area contributed by atoms with Crippen LogP contribution in [0.3, 0.4) is 0 Å². The van der Waals surface area contributed by atoms with E-state index >= 15 is 0 Å². The normalized spacial score (nSPS) is 27.1. The van der Waals surface area contributed by atoms with E-state index < -0.39 is 0 Å². The smallest absolute Gasteiger partial charge is 0.120 e. The summed E-state index contributed by atoms with van der Waals surface area (Å²) in [5.41, 5.74) is 4.56. The first kappa shape index (κ1) is 17.3. The van der Waals surface area contributed by atoms with Gasteiger partial charge in [0, 0.05) is 20.0 Å². The zero-order valence-corrected chi connectivity index (χ0v) is 11.6. The number of fused-ring (bicyclic) bond motifs is 3. The minimum absolute atomic E-state index is 0.0602. The minimum Gasteiger partial charge on any atom is -0.400 e. The van der Waals surface area contributed by atoms with Gasteiger partial charge in [0.2, 0.25) is 0 Å². The molecule has 0 spiro atoms. The van der Waals surface area contributed by atoms with Gasteiger partial charge in [0.05, 0.1) is 0 Å². The summed E-state index contributed by atoms with van der Waals surface area (Å²) in [5, 5.41) is 7.00. The third-order valence-electron chi connectivity index (χ3n) is 4.39. The number of aliphatic hydroxyl groups excluding tert-OH is 1. The average Bonchev–Trinajstić information content (AvgIpc) is 2.45. The van der Waals surface area contributed by atoms with Crippen molar-refractivity contribution in [2.45, 2.75) is 44.9 Å². The highest BCUT2D eigenvalue weighted by Crippen LogP contribution is 2.55. The quantitative estimate of drug-likeness (QED) is 0.749. The first-order valence-corrected chi connectivity index (χ1v) is 6.70. The summed E-state index contributed by atoms with van der Waals surface area (Å²) >= 11 is 0. The molecule has 3 saturated carbocycles. The topological polar surface area (TPSA) is 80.4 Å². The van der Waals surface area contributed by atoms with Crippen LogP contribution in [-0.4, -0.2) is 31.8 Å². The van der Waals surface area contributed by atoms with Crippen molar-refractivity contribution in [2.24, 2.45) is 23.0 Å². The molecule has 0 aromatic rings. The Morgan fingerprint density at radius 2 is 1.50 bits per heavy atom. The van der Waals surface area contributed by atoms with Crippen molar-refractivity contribution in [3.8, 4) is 0 Å². The third kappa shape index (κ3) is 3.89. The summed E-state index contributed by atoms with van der Waals surface area (Å²) < 4.78 is 0. The lowest BCUT2D eigenvalue weighted by atomic mass is 9.54. The molecule has 0 atom stereocenters. The molecule has 0 amide bonds. The van der Waals surface area contributed by atoms with Crippen molar-refractivity contribution >= 4 is 12.6 Å². The Hall–Kier alpha value is -0.740. The molecule has 3 aliphatic carbocycles. The number of nitrogens with two attached hydrogens (primary N) is 1. The number of aldehydes is 2. The molecule has 0 unspecified atom stereocenters. The molecular formula is C14H27NO3. The predicted molar refractivity (Wildman–Crippen MR) is 72.1 cm³/mol. The van der Waals surface area contributed by atoms with Crippen LogP contribution >= 0.6 is 0 Å². The second-order valence-electron chi connectivity index (χ2n) is 5.03. The highest BCUT2D eigenvalue weighted by atomic mass is 16.2. The van der Waals surface area contributed by atoms with E-state index in [1.165, 1.54) is 32.7 Å². The number of aliphatic hydroxyl groups is 1. The van der Waals surface area contributed by atoms with Crippen molar-refractivity contribution in [1.29, 1.82) is 0 Å². The second-order valence-corrected chi connectivity index (χ2v) is 5.03. The molecule has 0 heterocycles. The second kappa shape index (κ2) is 9.22. The van der Waals surface area contributed by atoms with E-state index in [2.05, 4.69) is 5.73 Å². The molecule has 18 heavy (non-hydrogen) atoms. The SMILES string of the molecule is CN.CO.O=CCC1(CC=O)CC2CCC1CC2. The van der Waals surface area contributed by atoms with Gasteiger partial charge in [-0.2, -0.15) is 0 Å². The number of rotatable bonds is 4. The van der Waals surface area contributed by atoms with Crippen LogP contribution in [0, 0.1) is 17.3 Å². The summed E-state index contributed by atoms with van der Waals surface area (Å²) in [6.07, 6.45) is 9.50. The summed E-state index contributed by atoms with van der Waals surface area (Å²) in [4.78, 5) is 21.4. The lowest BCUT2D eigenvalue weighted by molar-refractivity contribution is -0.118. The molecule has 3 rings (SSSR count). The molecule has 106 valence electrons. The van der Waals surface area contributed by atoms with E-state index in [-0.39, 0.29) is 5.41 Å². The van der Waals surface area contributed by atoms with Gasteiger partial charge >= 0.3 is 0 Å². The fourth-order valence-electron chi connectivity index (χ4n) is 3.64. The molecule has 0 aliphatic heterocycles. The van der Waals surface area contributed by atoms with Crippen LogP contribution in [0.2, 0.25) is 0 Å². The maximum Gasteiger partial charge on any atom is 0.120 e. The molecule has 4 heteroatoms. The largest absolute Gasteiger partial charge is 0.400 e. The predicted octanol–water partition coefficient (Wildman–Crippen LogP) is 1.54. The van der Waals surface area contributed by atoms with Crippen LogP contribution in [-0.2, 0) is 9.59 Å². The zero-order valence-electron chi connectivity index (χ0n) is 11.6. The van der Waals surface area contributed by atoms with E-state index in [0.717, 1.165) is 32.0 Å². The standard InChI is InChI=1S/C12H18O2.CH5N.CH4O/c13-7-5-12(6-8-14)9-10-1-3-11(12)4-2-10;2*1-2/h7-8,10-11H,1-6,9H2;2H2,1H3;2H,1H3. The fraction of sp³-hybridized carbons (Fsp3) is 0.857. The summed E-state index contributed by atoms with van der Waals surface area (Å²) in [6.45, 7) is 0. The van der Waals surface area contributed by atoms with Crippen LogP contribution < -0.4 is 5.73 Å². The van der Waals surface area contributed by atoms with Crippen molar-refractivity contribution in [2.75, 3.05) is 14.2 Å². The van der Waals surface area contributed by atoms with Gasteiger partial charge < -0.3 is 20.4 Å². The first-order valence-electron chi connectivity index (χ1n) is 6.70. The Labute approximate surface area is 110 Å². The maximum absolute atomic E-state index is 10.7. The minimum atomic E-state index is 0.0602. The molecule has 0 aromatic carbocycles. The van der Waals surface area contributed by atoms with Crippen molar-refractivity contribution in [1.82, 2.24) is 0 Å². The highest BCUT2D eigenvalue weighted by Gasteiger charge is 2.46. The molecule has 4 nitrogen and oxygen atoms in total. The van der Waals surface area contributed by atoms with Crippen LogP contribution in [0.5, 0.6) is 0 Å². The Balaban J connectivity index is 0.000000659. The van der Waals surface area contributed by atoms with E-state index in [1.54, 1.807) is 0 Å². The van der Waals surface area contributed by atoms with Gasteiger partial charge in [0.1, 0.15) is 12.6 Å². The van der Waals surface area contributed by atoms with Gasteiger partial charge in [-0.15, -0.1) is 0 Å². The van der Waals surface area contributed by atoms with E-state index in [9.17, 15) is 9.59 Å². The lowest BCUT2D eigenvalue weighted by Gasteiger charge is -2.50. The Morgan fingerprint density at radius 1 is 1.06 bits per heavy atom. The fourth-order valence-corrected chi connectivity index (χ4v) is 3.64. The number of hydrogen-bond donors (Lipinski definition) is 2. The van der Waals surface area contributed by atoms with E-state index in [4.69, 9.17) is 5.11 Å². The molecule has 3 N–H and O–H groups in total. The van der Waals surface area contributed by atoms with Gasteiger partial charge in [-0.05, 0) is 43.6 Å². The summed E-state index contributed by atoms with van der Waals surface area (Å²) in [5.74, 6) is 1.43. The van der Waals surface area contributed by atoms with Crippen molar-refractivity contribution < 1.29 is 14.7 Å². The van der Waals surface area contributed by atoms with Crippen LogP contribution in [0.15, 0.2) is 0 Å². The molecule has 0 aromatic heterocycles. The van der Waals surface area contributed by atoms with Crippen LogP contribution in [0.1, 0.15) is 44.9 Å². The average molecular weight is 257 g/mol. The first-order chi connectivity index (χ1) is 8.80. The lowest BCUT2D eigenvalue weighted by Crippen LogP contribution is -2.42. The Morgan fingerprint density at radius 3 is 1.78 bits per heavy atom. The van der Waals surface area contributed by atoms with Crippen LogP contribution in [0.25, 0.3) is 0 Å². The van der Waals surface area contributed by atoms with Crippen molar-refractivity contribution in [3.05, 3.63) is 0 Å². The molecule has 2 bridgehead atoms.